The summed E-state index contributed by atoms with van der Waals surface area (Å²) < 4.78 is 0.917. The predicted molar refractivity (Wildman–Crippen MR) is 76.7 cm³/mol. The maximum Gasteiger partial charge on any atom is 0.255 e. The van der Waals surface area contributed by atoms with E-state index in [-0.39, 0.29) is 5.91 Å². The minimum atomic E-state index is 0.153. The minimum absolute atomic E-state index is 0.153. The summed E-state index contributed by atoms with van der Waals surface area (Å²) >= 11 is 5.42. The summed E-state index contributed by atoms with van der Waals surface area (Å²) in [7, 11) is 0. The number of nitrogens with zero attached hydrogens (tertiary/aromatic N) is 1. The van der Waals surface area contributed by atoms with Gasteiger partial charge in [0, 0.05) is 29.1 Å². The Kier molecular flexibility index (Phi) is 4.51. The van der Waals surface area contributed by atoms with Crippen molar-refractivity contribution in [1.29, 1.82) is 0 Å². The number of carbonyl (C=O) groups is 1. The van der Waals surface area contributed by atoms with E-state index in [1.807, 2.05) is 34.9 Å². The third-order valence-corrected chi connectivity index (χ3v) is 4.57. The Morgan fingerprint density at radius 2 is 2.12 bits per heavy atom. The zero-order valence-corrected chi connectivity index (χ0v) is 12.3. The summed E-state index contributed by atoms with van der Waals surface area (Å²) in [6, 6.07) is 6.02. The van der Waals surface area contributed by atoms with Gasteiger partial charge in [0.15, 0.2) is 0 Å². The summed E-state index contributed by atoms with van der Waals surface area (Å²) in [6.45, 7) is 3.85. The number of hydrogen-bond acceptors (Lipinski definition) is 2. The van der Waals surface area contributed by atoms with Crippen LogP contribution in [0.4, 0.5) is 0 Å². The van der Waals surface area contributed by atoms with Crippen molar-refractivity contribution in [1.82, 2.24) is 4.90 Å². The van der Waals surface area contributed by atoms with E-state index in [9.17, 15) is 4.79 Å². The highest BCUT2D eigenvalue weighted by Gasteiger charge is 2.20. The number of carbonyl (C=O) groups excluding carboxylic acids is 1. The van der Waals surface area contributed by atoms with Crippen molar-refractivity contribution in [3.05, 3.63) is 33.8 Å². The van der Waals surface area contributed by atoms with Gasteiger partial charge in [-0.25, -0.2) is 0 Å². The Hall–Kier alpha value is -0.480. The van der Waals surface area contributed by atoms with E-state index in [4.69, 9.17) is 0 Å². The Bertz CT molecular complexity index is 416. The van der Waals surface area contributed by atoms with Gasteiger partial charge >= 0.3 is 0 Å². The van der Waals surface area contributed by atoms with Gasteiger partial charge < -0.3 is 4.90 Å². The first-order valence-corrected chi connectivity index (χ1v) is 7.82. The van der Waals surface area contributed by atoms with Crippen LogP contribution in [0, 0.1) is 0 Å². The molecule has 2 nitrogen and oxygen atoms in total. The molecule has 0 spiro atoms. The minimum Gasteiger partial charge on any atom is -0.337 e. The second-order valence-corrected chi connectivity index (χ2v) is 6.15. The van der Waals surface area contributed by atoms with Gasteiger partial charge in [0.25, 0.3) is 5.91 Å². The second kappa shape index (κ2) is 5.91. The molecule has 0 aliphatic carbocycles. The van der Waals surface area contributed by atoms with Crippen LogP contribution in [0.5, 0.6) is 0 Å². The van der Waals surface area contributed by atoms with E-state index in [0.717, 1.165) is 41.1 Å². The Labute approximate surface area is 115 Å². The van der Waals surface area contributed by atoms with Gasteiger partial charge in [0.2, 0.25) is 0 Å². The third kappa shape index (κ3) is 3.05. The molecule has 0 atom stereocenters. The van der Waals surface area contributed by atoms with Crippen LogP contribution >= 0.6 is 27.7 Å². The highest BCUT2D eigenvalue weighted by Crippen LogP contribution is 2.22. The lowest BCUT2D eigenvalue weighted by atomic mass is 10.1. The summed E-state index contributed by atoms with van der Waals surface area (Å²) in [4.78, 5) is 14.3. The van der Waals surface area contributed by atoms with Crippen molar-refractivity contribution in [3.63, 3.8) is 0 Å². The first kappa shape index (κ1) is 13.0. The Morgan fingerprint density at radius 1 is 1.41 bits per heavy atom. The topological polar surface area (TPSA) is 20.3 Å². The number of amides is 1. The van der Waals surface area contributed by atoms with E-state index in [2.05, 4.69) is 22.9 Å². The normalized spacial score (nSPS) is 16.0. The number of thioether (sulfide) groups is 1. The van der Waals surface area contributed by atoms with Crippen LogP contribution in [-0.2, 0) is 6.42 Å². The van der Waals surface area contributed by atoms with Crippen LogP contribution in [0.25, 0.3) is 0 Å². The summed E-state index contributed by atoms with van der Waals surface area (Å²) in [5.74, 6) is 2.26. The highest BCUT2D eigenvalue weighted by molar-refractivity contribution is 9.10. The molecule has 1 aliphatic heterocycles. The first-order valence-electron chi connectivity index (χ1n) is 5.88. The SMILES string of the molecule is CCc1ccc(C(=O)N2CCSCC2)c(Br)c1. The molecule has 1 aliphatic rings. The first-order chi connectivity index (χ1) is 8.22. The summed E-state index contributed by atoms with van der Waals surface area (Å²) in [5.41, 5.74) is 2.04. The fourth-order valence-corrected chi connectivity index (χ4v) is 3.39. The number of benzene rings is 1. The lowest BCUT2D eigenvalue weighted by Crippen LogP contribution is -2.38. The van der Waals surface area contributed by atoms with Crippen LogP contribution in [-0.4, -0.2) is 35.4 Å². The number of hydrogen-bond donors (Lipinski definition) is 0. The maximum absolute atomic E-state index is 12.3. The van der Waals surface area contributed by atoms with E-state index in [1.165, 1.54) is 5.56 Å². The zero-order chi connectivity index (χ0) is 12.3. The quantitative estimate of drug-likeness (QED) is 0.835. The number of halogens is 1. The van der Waals surface area contributed by atoms with Gasteiger partial charge in [-0.3, -0.25) is 4.79 Å². The molecule has 1 heterocycles. The van der Waals surface area contributed by atoms with E-state index < -0.39 is 0 Å². The van der Waals surface area contributed by atoms with Gasteiger partial charge in [0.1, 0.15) is 0 Å². The molecular formula is C13H16BrNOS. The molecule has 1 fully saturated rings. The largest absolute Gasteiger partial charge is 0.337 e. The molecule has 0 unspecified atom stereocenters. The van der Waals surface area contributed by atoms with Crippen LogP contribution in [0.1, 0.15) is 22.8 Å². The lowest BCUT2D eigenvalue weighted by Gasteiger charge is -2.26. The maximum atomic E-state index is 12.3. The predicted octanol–water partition coefficient (Wildman–Crippen LogP) is 3.20. The van der Waals surface area contributed by atoms with E-state index in [1.54, 1.807) is 0 Å². The van der Waals surface area contributed by atoms with Crippen molar-refractivity contribution in [3.8, 4) is 0 Å². The zero-order valence-electron chi connectivity index (χ0n) is 9.91. The van der Waals surface area contributed by atoms with Crippen molar-refractivity contribution >= 4 is 33.6 Å². The monoisotopic (exact) mass is 313 g/mol. The summed E-state index contributed by atoms with van der Waals surface area (Å²) in [5, 5.41) is 0. The van der Waals surface area contributed by atoms with Gasteiger partial charge in [0.05, 0.1) is 5.56 Å². The van der Waals surface area contributed by atoms with E-state index >= 15 is 0 Å². The van der Waals surface area contributed by atoms with Crippen LogP contribution in [0.15, 0.2) is 22.7 Å². The van der Waals surface area contributed by atoms with Gasteiger partial charge in [-0.1, -0.05) is 13.0 Å². The fourth-order valence-electron chi connectivity index (χ4n) is 1.89. The summed E-state index contributed by atoms with van der Waals surface area (Å²) in [6.07, 6.45) is 0.993. The van der Waals surface area contributed by atoms with E-state index in [0.29, 0.717) is 0 Å². The van der Waals surface area contributed by atoms with Crippen LogP contribution < -0.4 is 0 Å². The fraction of sp³-hybridized carbons (Fsp3) is 0.462. The molecule has 0 N–H and O–H groups in total. The molecule has 1 amide bonds. The van der Waals surface area contributed by atoms with Crippen molar-refractivity contribution in [2.45, 2.75) is 13.3 Å². The molecule has 17 heavy (non-hydrogen) atoms. The molecule has 2 rings (SSSR count). The average molecular weight is 314 g/mol. The molecule has 0 saturated carbocycles. The Morgan fingerprint density at radius 3 is 2.71 bits per heavy atom. The molecule has 1 saturated heterocycles. The van der Waals surface area contributed by atoms with Crippen molar-refractivity contribution in [2.75, 3.05) is 24.6 Å². The molecule has 1 aromatic carbocycles. The molecular weight excluding hydrogens is 298 g/mol. The second-order valence-electron chi connectivity index (χ2n) is 4.07. The smallest absolute Gasteiger partial charge is 0.255 e. The standard InChI is InChI=1S/C13H16BrNOS/c1-2-10-3-4-11(12(14)9-10)13(16)15-5-7-17-8-6-15/h3-4,9H,2,5-8H2,1H3. The number of rotatable bonds is 2. The molecule has 0 aromatic heterocycles. The van der Waals surface area contributed by atoms with Gasteiger partial charge in [-0.2, -0.15) is 11.8 Å². The van der Waals surface area contributed by atoms with Crippen molar-refractivity contribution < 1.29 is 4.79 Å². The van der Waals surface area contributed by atoms with Gasteiger partial charge in [-0.05, 0) is 40.0 Å². The highest BCUT2D eigenvalue weighted by atomic mass is 79.9. The average Bonchev–Trinajstić information content (AvgIpc) is 2.39. The molecule has 0 radical (unpaired) electrons. The van der Waals surface area contributed by atoms with Crippen LogP contribution in [0.2, 0.25) is 0 Å². The third-order valence-electron chi connectivity index (χ3n) is 2.97. The lowest BCUT2D eigenvalue weighted by molar-refractivity contribution is 0.0771. The van der Waals surface area contributed by atoms with Crippen LogP contribution in [0.3, 0.4) is 0 Å². The molecule has 4 heteroatoms. The number of aryl methyl sites for hydroxylation is 1. The molecule has 1 aromatic rings. The van der Waals surface area contributed by atoms with Crippen molar-refractivity contribution in [2.24, 2.45) is 0 Å². The molecule has 0 bridgehead atoms. The molecule has 92 valence electrons. The van der Waals surface area contributed by atoms with Gasteiger partial charge in [-0.15, -0.1) is 0 Å². The Balaban J connectivity index is 2.18.